The molecule has 103 valence electrons. The zero-order valence-corrected chi connectivity index (χ0v) is 12.1. The average molecular weight is 263 g/mol. The van der Waals surface area contributed by atoms with E-state index in [2.05, 4.69) is 67.1 Å². The number of hydrogen-bond acceptors (Lipinski definition) is 0. The second-order valence-corrected chi connectivity index (χ2v) is 6.21. The standard InChI is InChI=1S/C20H23/c1-4-10-18(11-5-1)16-20(14-8-3-9-15-20)17-19-12-6-2-7-13-19/h1-2,4-8,10-13H,3,9,14-17H2. The highest BCUT2D eigenvalue weighted by Crippen LogP contribution is 2.41. The Kier molecular flexibility index (Phi) is 4.20. The van der Waals surface area contributed by atoms with Crippen LogP contribution in [0.1, 0.15) is 36.8 Å². The Morgan fingerprint density at radius 2 is 1.30 bits per heavy atom. The smallest absolute Gasteiger partial charge is 0.0214 e. The van der Waals surface area contributed by atoms with Crippen LogP contribution in [0.2, 0.25) is 0 Å². The van der Waals surface area contributed by atoms with Gasteiger partial charge in [0.2, 0.25) is 0 Å². The summed E-state index contributed by atoms with van der Waals surface area (Å²) in [5, 5.41) is 0. The van der Waals surface area contributed by atoms with Gasteiger partial charge in [0.1, 0.15) is 0 Å². The summed E-state index contributed by atoms with van der Waals surface area (Å²) in [5.74, 6) is 0. The summed E-state index contributed by atoms with van der Waals surface area (Å²) >= 11 is 0. The van der Waals surface area contributed by atoms with Gasteiger partial charge < -0.3 is 0 Å². The van der Waals surface area contributed by atoms with Gasteiger partial charge in [0, 0.05) is 0 Å². The Bertz CT molecular complexity index is 463. The molecular weight excluding hydrogens is 240 g/mol. The van der Waals surface area contributed by atoms with Crippen molar-refractivity contribution in [3.8, 4) is 0 Å². The van der Waals surface area contributed by atoms with Crippen LogP contribution < -0.4 is 0 Å². The maximum Gasteiger partial charge on any atom is -0.0214 e. The summed E-state index contributed by atoms with van der Waals surface area (Å²) < 4.78 is 0. The van der Waals surface area contributed by atoms with Crippen LogP contribution in [0, 0.1) is 11.8 Å². The van der Waals surface area contributed by atoms with E-state index in [4.69, 9.17) is 0 Å². The molecule has 0 aromatic heterocycles. The summed E-state index contributed by atoms with van der Waals surface area (Å²) in [6, 6.07) is 22.0. The molecule has 0 heterocycles. The quantitative estimate of drug-likeness (QED) is 0.708. The van der Waals surface area contributed by atoms with E-state index in [-0.39, 0.29) is 0 Å². The molecule has 0 atom stereocenters. The van der Waals surface area contributed by atoms with Crippen molar-refractivity contribution in [1.29, 1.82) is 0 Å². The minimum absolute atomic E-state index is 0.432. The van der Waals surface area contributed by atoms with E-state index < -0.39 is 0 Å². The van der Waals surface area contributed by atoms with Crippen molar-refractivity contribution in [3.05, 3.63) is 78.2 Å². The maximum atomic E-state index is 2.51. The van der Waals surface area contributed by atoms with Gasteiger partial charge in [-0.2, -0.15) is 0 Å². The van der Waals surface area contributed by atoms with Crippen molar-refractivity contribution in [2.75, 3.05) is 0 Å². The predicted molar refractivity (Wildman–Crippen MR) is 85.5 cm³/mol. The van der Waals surface area contributed by atoms with Crippen LogP contribution in [-0.4, -0.2) is 0 Å². The van der Waals surface area contributed by atoms with Crippen molar-refractivity contribution < 1.29 is 0 Å². The van der Waals surface area contributed by atoms with E-state index in [0.29, 0.717) is 5.41 Å². The van der Waals surface area contributed by atoms with Crippen LogP contribution in [-0.2, 0) is 12.8 Å². The van der Waals surface area contributed by atoms with Gasteiger partial charge >= 0.3 is 0 Å². The summed E-state index contributed by atoms with van der Waals surface area (Å²) in [6.07, 6.45) is 10.2. The molecule has 0 spiro atoms. The summed E-state index contributed by atoms with van der Waals surface area (Å²) in [5.41, 5.74) is 3.40. The molecule has 1 saturated carbocycles. The largest absolute Gasteiger partial charge is 0.0622 e. The van der Waals surface area contributed by atoms with E-state index in [1.54, 1.807) is 0 Å². The molecule has 1 fully saturated rings. The summed E-state index contributed by atoms with van der Waals surface area (Å²) in [7, 11) is 0. The fourth-order valence-corrected chi connectivity index (χ4v) is 3.57. The lowest BCUT2D eigenvalue weighted by molar-refractivity contribution is 0.218. The van der Waals surface area contributed by atoms with Crippen LogP contribution in [0.5, 0.6) is 0 Å². The summed E-state index contributed by atoms with van der Waals surface area (Å²) in [4.78, 5) is 0. The van der Waals surface area contributed by atoms with Gasteiger partial charge in [0.15, 0.2) is 0 Å². The molecule has 0 nitrogen and oxygen atoms in total. The minimum Gasteiger partial charge on any atom is -0.0622 e. The van der Waals surface area contributed by atoms with E-state index in [1.165, 1.54) is 49.7 Å². The van der Waals surface area contributed by atoms with Gasteiger partial charge in [-0.3, -0.25) is 0 Å². The second kappa shape index (κ2) is 6.26. The van der Waals surface area contributed by atoms with Gasteiger partial charge in [-0.1, -0.05) is 73.5 Å². The lowest BCUT2D eigenvalue weighted by atomic mass is 9.67. The highest BCUT2D eigenvalue weighted by molar-refractivity contribution is 5.21. The zero-order chi connectivity index (χ0) is 13.7. The molecule has 1 aliphatic rings. The first-order valence-corrected chi connectivity index (χ1v) is 7.76. The van der Waals surface area contributed by atoms with Crippen LogP contribution in [0.3, 0.4) is 0 Å². The zero-order valence-electron chi connectivity index (χ0n) is 12.1. The number of benzene rings is 2. The number of hydrogen-bond donors (Lipinski definition) is 0. The summed E-state index contributed by atoms with van der Waals surface area (Å²) in [6.45, 7) is 0. The van der Waals surface area contributed by atoms with Crippen molar-refractivity contribution in [1.82, 2.24) is 0 Å². The lowest BCUT2D eigenvalue weighted by Crippen LogP contribution is -2.29. The molecule has 1 aliphatic carbocycles. The Morgan fingerprint density at radius 1 is 0.750 bits per heavy atom. The highest BCUT2D eigenvalue weighted by Gasteiger charge is 2.32. The molecule has 0 heteroatoms. The topological polar surface area (TPSA) is 0 Å². The van der Waals surface area contributed by atoms with E-state index >= 15 is 0 Å². The third-order valence-electron chi connectivity index (χ3n) is 4.54. The van der Waals surface area contributed by atoms with Gasteiger partial charge in [0.25, 0.3) is 0 Å². The Morgan fingerprint density at radius 3 is 1.75 bits per heavy atom. The van der Waals surface area contributed by atoms with E-state index in [9.17, 15) is 0 Å². The SMILES string of the molecule is [CH]1CCCC(Cc2ccccc2)(Cc2ccccc2)C1. The third-order valence-corrected chi connectivity index (χ3v) is 4.54. The molecule has 1 radical (unpaired) electrons. The Balaban J connectivity index is 1.81. The van der Waals surface area contributed by atoms with Crippen molar-refractivity contribution in [2.45, 2.75) is 38.5 Å². The molecule has 2 aromatic rings. The third kappa shape index (κ3) is 3.30. The van der Waals surface area contributed by atoms with Crippen molar-refractivity contribution in [3.63, 3.8) is 0 Å². The van der Waals surface area contributed by atoms with Crippen molar-refractivity contribution in [2.24, 2.45) is 5.41 Å². The normalized spacial score (nSPS) is 17.8. The van der Waals surface area contributed by atoms with Crippen LogP contribution in [0.4, 0.5) is 0 Å². The first-order valence-electron chi connectivity index (χ1n) is 7.76. The molecule has 0 bridgehead atoms. The van der Waals surface area contributed by atoms with Crippen LogP contribution in [0.25, 0.3) is 0 Å². The van der Waals surface area contributed by atoms with E-state index in [1.807, 2.05) is 0 Å². The molecule has 0 aliphatic heterocycles. The van der Waals surface area contributed by atoms with Gasteiger partial charge in [-0.15, -0.1) is 0 Å². The fraction of sp³-hybridized carbons (Fsp3) is 0.350. The van der Waals surface area contributed by atoms with Gasteiger partial charge in [-0.25, -0.2) is 0 Å². The molecule has 0 N–H and O–H groups in total. The predicted octanol–water partition coefficient (Wildman–Crippen LogP) is 5.24. The average Bonchev–Trinajstić information content (AvgIpc) is 2.50. The first-order chi connectivity index (χ1) is 9.86. The molecule has 0 amide bonds. The fourth-order valence-electron chi connectivity index (χ4n) is 3.57. The molecule has 20 heavy (non-hydrogen) atoms. The molecule has 2 aromatic carbocycles. The maximum absolute atomic E-state index is 2.51. The lowest BCUT2D eigenvalue weighted by Gasteiger charge is -2.38. The molecule has 0 saturated heterocycles. The monoisotopic (exact) mass is 263 g/mol. The molecular formula is C20H23. The van der Waals surface area contributed by atoms with Crippen LogP contribution in [0.15, 0.2) is 60.7 Å². The van der Waals surface area contributed by atoms with Crippen molar-refractivity contribution >= 4 is 0 Å². The second-order valence-electron chi connectivity index (χ2n) is 6.21. The van der Waals surface area contributed by atoms with Gasteiger partial charge in [0.05, 0.1) is 0 Å². The first kappa shape index (κ1) is 13.4. The van der Waals surface area contributed by atoms with Crippen LogP contribution >= 0.6 is 0 Å². The molecule has 0 unspecified atom stereocenters. The number of rotatable bonds is 4. The highest BCUT2D eigenvalue weighted by atomic mass is 14.4. The molecule has 3 rings (SSSR count). The Labute approximate surface area is 122 Å². The van der Waals surface area contributed by atoms with E-state index in [0.717, 1.165) is 0 Å². The van der Waals surface area contributed by atoms with Gasteiger partial charge in [-0.05, 0) is 48.6 Å². The Hall–Kier alpha value is -1.56. The minimum atomic E-state index is 0.432.